The lowest BCUT2D eigenvalue weighted by molar-refractivity contribution is -0.195. The fourth-order valence-electron chi connectivity index (χ4n) is 8.30. The number of aliphatic hydroxyl groups is 1. The van der Waals surface area contributed by atoms with Gasteiger partial charge in [-0.05, 0) is 86.9 Å². The van der Waals surface area contributed by atoms with Crippen molar-refractivity contribution < 1.29 is 19.4 Å². The number of ether oxygens (including phenoxy) is 1. The van der Waals surface area contributed by atoms with Gasteiger partial charge in [0.25, 0.3) is 0 Å². The van der Waals surface area contributed by atoms with Gasteiger partial charge < -0.3 is 9.84 Å². The predicted molar refractivity (Wildman–Crippen MR) is 107 cm³/mol. The number of ketones is 1. The number of fused-ring (bicyclic) bond motifs is 5. The topological polar surface area (TPSA) is 63.6 Å². The van der Waals surface area contributed by atoms with Crippen molar-refractivity contribution in [3.05, 3.63) is 12.7 Å². The molecule has 4 fully saturated rings. The molecule has 1 N–H and O–H groups in total. The molecule has 4 aliphatic carbocycles. The van der Waals surface area contributed by atoms with E-state index < -0.39 is 0 Å². The maximum Gasteiger partial charge on any atom is 0.330 e. The Hall–Kier alpha value is -1.16. The lowest BCUT2D eigenvalue weighted by atomic mass is 9.43. The van der Waals surface area contributed by atoms with Crippen molar-refractivity contribution in [1.82, 2.24) is 0 Å². The number of Topliss-reactive ketones (excluding diaryl/α,β-unsaturated/α-hetero) is 1. The fraction of sp³-hybridized carbons (Fsp3) is 0.833. The summed E-state index contributed by atoms with van der Waals surface area (Å²) in [5.41, 5.74) is 0.0282. The minimum absolute atomic E-state index is 0.0729. The second-order valence-electron chi connectivity index (χ2n) is 10.6. The highest BCUT2D eigenvalue weighted by Crippen LogP contribution is 2.68. The Labute approximate surface area is 169 Å². The van der Waals surface area contributed by atoms with Gasteiger partial charge >= 0.3 is 5.97 Å². The van der Waals surface area contributed by atoms with Crippen LogP contribution in [-0.2, 0) is 14.3 Å². The third-order valence-electron chi connectivity index (χ3n) is 9.47. The minimum Gasteiger partial charge on any atom is -0.459 e. The summed E-state index contributed by atoms with van der Waals surface area (Å²) in [6, 6.07) is 0. The van der Waals surface area contributed by atoms with Crippen molar-refractivity contribution >= 4 is 11.8 Å². The van der Waals surface area contributed by atoms with Gasteiger partial charge in [0.2, 0.25) is 0 Å². The molecule has 28 heavy (non-hydrogen) atoms. The molecule has 0 bridgehead atoms. The molecule has 0 aliphatic heterocycles. The Morgan fingerprint density at radius 3 is 2.54 bits per heavy atom. The number of carbonyl (C=O) groups is 2. The first-order valence-corrected chi connectivity index (χ1v) is 11.2. The molecular weight excluding hydrogens is 352 g/mol. The van der Waals surface area contributed by atoms with Crippen molar-refractivity contribution in [3.63, 3.8) is 0 Å². The number of carbonyl (C=O) groups excluding carboxylic acids is 2. The summed E-state index contributed by atoms with van der Waals surface area (Å²) in [5.74, 6) is 1.89. The van der Waals surface area contributed by atoms with Crippen molar-refractivity contribution in [2.75, 3.05) is 0 Å². The second-order valence-corrected chi connectivity index (χ2v) is 10.6. The standard InChI is InChI=1S/C24H36O4/c1-5-21(27)28-20-13-24(4)18(14(2)25)8-9-19(24)17-7-6-15-12-16(26)10-11-23(15,3)22(17)20/h5,15-20,22,26H,1,6-13H2,2-4H3/t15?,16?,17-,18+,19-,20?,22+,23-,24+/m0/s1. The molecule has 4 nitrogen and oxygen atoms in total. The van der Waals surface area contributed by atoms with E-state index in [2.05, 4.69) is 20.4 Å². The van der Waals surface area contributed by atoms with E-state index in [4.69, 9.17) is 4.74 Å². The molecule has 0 aromatic heterocycles. The molecule has 3 unspecified atom stereocenters. The SMILES string of the molecule is C=CC(=O)OC1C[C@]2(C)[C@@H](C(C)=O)CC[C@H]2[C@@H]2CCC3CC(O)CC[C@]3(C)[C@@H]12. The summed E-state index contributed by atoms with van der Waals surface area (Å²) in [6.45, 7) is 10.00. The van der Waals surface area contributed by atoms with Gasteiger partial charge in [0.1, 0.15) is 11.9 Å². The first-order valence-electron chi connectivity index (χ1n) is 11.2. The third-order valence-corrected chi connectivity index (χ3v) is 9.47. The van der Waals surface area contributed by atoms with Gasteiger partial charge in [0, 0.05) is 17.9 Å². The molecular formula is C24H36O4. The van der Waals surface area contributed by atoms with Crippen LogP contribution in [0.3, 0.4) is 0 Å². The number of hydrogen-bond donors (Lipinski definition) is 1. The normalized spacial score (nSPS) is 50.1. The summed E-state index contributed by atoms with van der Waals surface area (Å²) in [7, 11) is 0. The van der Waals surface area contributed by atoms with Crippen LogP contribution in [0.1, 0.15) is 72.1 Å². The van der Waals surface area contributed by atoms with Crippen LogP contribution in [0, 0.1) is 40.4 Å². The van der Waals surface area contributed by atoms with E-state index in [-0.39, 0.29) is 40.7 Å². The van der Waals surface area contributed by atoms with Crippen LogP contribution in [0.4, 0.5) is 0 Å². The quantitative estimate of drug-likeness (QED) is 0.578. The van der Waals surface area contributed by atoms with Crippen LogP contribution in [0.15, 0.2) is 12.7 Å². The zero-order valence-corrected chi connectivity index (χ0v) is 17.7. The average Bonchev–Trinajstić information content (AvgIpc) is 2.98. The van der Waals surface area contributed by atoms with Crippen molar-refractivity contribution in [2.45, 2.75) is 84.3 Å². The molecule has 0 heterocycles. The minimum atomic E-state index is -0.343. The zero-order chi connectivity index (χ0) is 20.3. The van der Waals surface area contributed by atoms with E-state index in [9.17, 15) is 14.7 Å². The van der Waals surface area contributed by atoms with Crippen LogP contribution in [0.5, 0.6) is 0 Å². The molecule has 4 rings (SSSR count). The second kappa shape index (κ2) is 6.97. The van der Waals surface area contributed by atoms with E-state index in [0.29, 0.717) is 23.7 Å². The summed E-state index contributed by atoms with van der Waals surface area (Å²) >= 11 is 0. The predicted octanol–water partition coefficient (Wildman–Crippen LogP) is 4.30. The maximum absolute atomic E-state index is 12.4. The Bertz CT molecular complexity index is 672. The Morgan fingerprint density at radius 2 is 1.86 bits per heavy atom. The summed E-state index contributed by atoms with van der Waals surface area (Å²) in [5, 5.41) is 10.3. The summed E-state index contributed by atoms with van der Waals surface area (Å²) in [6.07, 6.45) is 8.80. The molecule has 4 aliphatic rings. The van der Waals surface area contributed by atoms with Crippen molar-refractivity contribution in [3.8, 4) is 0 Å². The molecule has 0 aromatic carbocycles. The number of hydrogen-bond acceptors (Lipinski definition) is 4. The molecule has 0 aromatic rings. The van der Waals surface area contributed by atoms with Crippen LogP contribution in [0.2, 0.25) is 0 Å². The molecule has 156 valence electrons. The van der Waals surface area contributed by atoms with Gasteiger partial charge in [-0.2, -0.15) is 0 Å². The first kappa shape index (κ1) is 20.1. The van der Waals surface area contributed by atoms with E-state index >= 15 is 0 Å². The van der Waals surface area contributed by atoms with Crippen LogP contribution in [-0.4, -0.2) is 29.1 Å². The number of rotatable bonds is 3. The van der Waals surface area contributed by atoms with Gasteiger partial charge in [-0.3, -0.25) is 4.79 Å². The van der Waals surface area contributed by atoms with E-state index in [0.717, 1.165) is 51.4 Å². The summed E-state index contributed by atoms with van der Waals surface area (Å²) in [4.78, 5) is 24.7. The van der Waals surface area contributed by atoms with E-state index in [1.54, 1.807) is 6.92 Å². The van der Waals surface area contributed by atoms with Crippen LogP contribution < -0.4 is 0 Å². The lowest BCUT2D eigenvalue weighted by Crippen LogP contribution is -2.60. The maximum atomic E-state index is 12.4. The smallest absolute Gasteiger partial charge is 0.330 e. The van der Waals surface area contributed by atoms with Gasteiger partial charge in [-0.1, -0.05) is 20.4 Å². The molecule has 0 radical (unpaired) electrons. The van der Waals surface area contributed by atoms with Crippen molar-refractivity contribution in [2.24, 2.45) is 40.4 Å². The van der Waals surface area contributed by atoms with Gasteiger partial charge in [0.15, 0.2) is 0 Å². The molecule has 4 heteroatoms. The fourth-order valence-corrected chi connectivity index (χ4v) is 8.30. The molecule has 0 spiro atoms. The van der Waals surface area contributed by atoms with Crippen LogP contribution >= 0.6 is 0 Å². The van der Waals surface area contributed by atoms with E-state index in [1.165, 1.54) is 6.08 Å². The van der Waals surface area contributed by atoms with Gasteiger partial charge in [0.05, 0.1) is 6.10 Å². The highest BCUT2D eigenvalue weighted by Gasteiger charge is 2.64. The zero-order valence-electron chi connectivity index (χ0n) is 17.7. The number of aliphatic hydroxyl groups excluding tert-OH is 1. The lowest BCUT2D eigenvalue weighted by Gasteiger charge is -2.62. The van der Waals surface area contributed by atoms with Crippen molar-refractivity contribution in [1.29, 1.82) is 0 Å². The molecule has 0 amide bonds. The monoisotopic (exact) mass is 388 g/mol. The molecule has 4 saturated carbocycles. The Morgan fingerprint density at radius 1 is 1.11 bits per heavy atom. The van der Waals surface area contributed by atoms with Crippen LogP contribution in [0.25, 0.3) is 0 Å². The highest BCUT2D eigenvalue weighted by atomic mass is 16.5. The molecule has 9 atom stereocenters. The Balaban J connectivity index is 1.73. The largest absolute Gasteiger partial charge is 0.459 e. The number of esters is 1. The third kappa shape index (κ3) is 2.89. The highest BCUT2D eigenvalue weighted by molar-refractivity contribution is 5.81. The first-order chi connectivity index (χ1) is 13.2. The average molecular weight is 389 g/mol. The van der Waals surface area contributed by atoms with E-state index in [1.807, 2.05) is 0 Å². The Kier molecular flexibility index (Phi) is 5.01. The molecule has 0 saturated heterocycles. The van der Waals surface area contributed by atoms with Gasteiger partial charge in [-0.15, -0.1) is 0 Å². The van der Waals surface area contributed by atoms with Gasteiger partial charge in [-0.25, -0.2) is 4.79 Å². The summed E-state index contributed by atoms with van der Waals surface area (Å²) < 4.78 is 6.02.